The number of ether oxygens (including phenoxy) is 5. The number of thioether (sulfide) groups is 2. The monoisotopic (exact) mass is 951 g/mol. The van der Waals surface area contributed by atoms with E-state index < -0.39 is 15.3 Å². The summed E-state index contributed by atoms with van der Waals surface area (Å²) < 4.78 is 49.3. The molecule has 10 nitrogen and oxygen atoms in total. The average molecular weight is 952 g/mol. The van der Waals surface area contributed by atoms with Gasteiger partial charge in [-0.05, 0) is 91.4 Å². The van der Waals surface area contributed by atoms with Gasteiger partial charge in [-0.2, -0.15) is 0 Å². The van der Waals surface area contributed by atoms with Crippen LogP contribution >= 0.6 is 39.5 Å². The smallest absolute Gasteiger partial charge is 0.304 e. The highest BCUT2D eigenvalue weighted by Gasteiger charge is 2.27. The van der Waals surface area contributed by atoms with Crippen molar-refractivity contribution in [1.82, 2.24) is 0 Å². The van der Waals surface area contributed by atoms with Gasteiger partial charge in [-0.15, -0.1) is 11.8 Å². The largest absolute Gasteiger partial charge is 0.436 e. The van der Waals surface area contributed by atoms with E-state index in [4.69, 9.17) is 34.8 Å². The van der Waals surface area contributed by atoms with Gasteiger partial charge in [0.05, 0.1) is 12.4 Å². The second-order valence-electron chi connectivity index (χ2n) is 12.4. The lowest BCUT2D eigenvalue weighted by Gasteiger charge is -2.22. The second-order valence-corrected chi connectivity index (χ2v) is 17.4. The van der Waals surface area contributed by atoms with E-state index >= 15 is 0 Å². The summed E-state index contributed by atoms with van der Waals surface area (Å²) in [6.07, 6.45) is 12.5. The Bertz CT molecular complexity index is 1030. The zero-order valence-corrected chi connectivity index (χ0v) is 42.3. The van der Waals surface area contributed by atoms with Crippen molar-refractivity contribution in [3.63, 3.8) is 0 Å². The van der Waals surface area contributed by atoms with Crippen LogP contribution in [0.2, 0.25) is 0 Å². The molecule has 0 aromatic carbocycles. The van der Waals surface area contributed by atoms with E-state index in [2.05, 4.69) is 42.6 Å². The number of nitrogens with two attached hydrogens (primary N) is 1. The van der Waals surface area contributed by atoms with Crippen LogP contribution in [-0.2, 0) is 38.3 Å². The number of carbonyl (C=O) groups excluding carboxylic acids is 1. The molecule has 58 heavy (non-hydrogen) atoms. The van der Waals surface area contributed by atoms with E-state index in [1.165, 1.54) is 55.5 Å². The molecule has 0 aromatic heterocycles. The Labute approximate surface area is 376 Å². The normalized spacial score (nSPS) is 20.2. The molecule has 4 unspecified atom stereocenters. The van der Waals surface area contributed by atoms with E-state index in [1.54, 1.807) is 6.92 Å². The predicted octanol–water partition coefficient (Wildman–Crippen LogP) is 13.2. The van der Waals surface area contributed by atoms with E-state index in [9.17, 15) is 13.2 Å². The Hall–Kier alpha value is -0.870. The first-order valence-corrected chi connectivity index (χ1v) is 25.9. The lowest BCUT2D eigenvalue weighted by Crippen LogP contribution is -2.30. The van der Waals surface area contributed by atoms with Crippen LogP contribution in [0.15, 0.2) is 36.5 Å². The maximum atomic E-state index is 11.6. The van der Waals surface area contributed by atoms with Crippen molar-refractivity contribution in [1.29, 1.82) is 5.41 Å². The molecule has 4 rings (SSSR count). The van der Waals surface area contributed by atoms with Crippen molar-refractivity contribution >= 4 is 60.4 Å². The minimum Gasteiger partial charge on any atom is -0.436 e. The first kappa shape index (κ1) is 68.8. The molecular weight excluding hydrogens is 861 g/mol. The fourth-order valence-electron chi connectivity index (χ4n) is 4.44. The maximum absolute atomic E-state index is 11.6. The number of allylic oxidation sites excluding steroid dienone is 1. The number of hydrogen-bond donors (Lipinski definition) is 2. The van der Waals surface area contributed by atoms with E-state index in [-0.39, 0.29) is 36.0 Å². The SMILES string of the molecule is C.C=C(C)CBr.C=C(C)CS(=O)(=O)C1CCCCO1.C=C(C)CSC1CCCCO1.CC.CC.CC.CC.CC(=O)OC1CCCCO1.N=C(N)SC1CCCCO1. The highest BCUT2D eigenvalue weighted by atomic mass is 79.9. The van der Waals surface area contributed by atoms with Gasteiger partial charge in [-0.3, -0.25) is 10.2 Å². The van der Waals surface area contributed by atoms with Crippen molar-refractivity contribution < 1.29 is 36.9 Å². The molecule has 0 bridgehead atoms. The first-order chi connectivity index (χ1) is 27.2. The zero-order chi connectivity index (χ0) is 45.1. The summed E-state index contributed by atoms with van der Waals surface area (Å²) in [6, 6.07) is 0. The van der Waals surface area contributed by atoms with Gasteiger partial charge in [0.1, 0.15) is 10.9 Å². The summed E-state index contributed by atoms with van der Waals surface area (Å²) >= 11 is 6.41. The summed E-state index contributed by atoms with van der Waals surface area (Å²) in [7, 11) is -3.10. The van der Waals surface area contributed by atoms with Crippen LogP contribution in [0.3, 0.4) is 0 Å². The van der Waals surface area contributed by atoms with Gasteiger partial charge in [0.25, 0.3) is 0 Å². The molecule has 350 valence electrons. The molecule has 4 heterocycles. The van der Waals surface area contributed by atoms with Crippen molar-refractivity contribution in [3.05, 3.63) is 36.5 Å². The Morgan fingerprint density at radius 2 is 1.10 bits per heavy atom. The van der Waals surface area contributed by atoms with Crippen LogP contribution in [0.5, 0.6) is 0 Å². The molecule has 4 aliphatic rings. The molecule has 0 radical (unpaired) electrons. The van der Waals surface area contributed by atoms with Crippen LogP contribution in [0.25, 0.3) is 0 Å². The topological polar surface area (TPSA) is 147 Å². The third-order valence-corrected chi connectivity index (χ3v) is 12.0. The molecule has 4 aliphatic heterocycles. The fraction of sp³-hybridized carbons (Fsp3) is 0.818. The summed E-state index contributed by atoms with van der Waals surface area (Å²) in [6.45, 7) is 37.3. The van der Waals surface area contributed by atoms with Gasteiger partial charge in [0.2, 0.25) is 6.29 Å². The molecule has 0 spiro atoms. The van der Waals surface area contributed by atoms with Gasteiger partial charge in [0.15, 0.2) is 20.4 Å². The molecule has 3 N–H and O–H groups in total. The summed E-state index contributed by atoms with van der Waals surface area (Å²) in [5.74, 6) is 0.842. The van der Waals surface area contributed by atoms with Crippen LogP contribution in [0.4, 0.5) is 0 Å². The number of rotatable bonds is 9. The molecule has 0 saturated carbocycles. The third kappa shape index (κ3) is 49.5. The van der Waals surface area contributed by atoms with Gasteiger partial charge in [0, 0.05) is 44.2 Å². The molecule has 14 heteroatoms. The van der Waals surface area contributed by atoms with Gasteiger partial charge < -0.3 is 29.4 Å². The number of alkyl halides is 1. The average Bonchev–Trinajstić information content (AvgIpc) is 3.22. The zero-order valence-electron chi connectivity index (χ0n) is 38.3. The quantitative estimate of drug-likeness (QED) is 0.0748. The van der Waals surface area contributed by atoms with Gasteiger partial charge >= 0.3 is 5.97 Å². The number of amidine groups is 1. The Morgan fingerprint density at radius 1 is 0.690 bits per heavy atom. The minimum absolute atomic E-state index is 0. The highest BCUT2D eigenvalue weighted by Crippen LogP contribution is 2.25. The lowest BCUT2D eigenvalue weighted by molar-refractivity contribution is -0.184. The molecule has 4 saturated heterocycles. The molecular formula is C44H91BrN2O8S3. The predicted molar refractivity (Wildman–Crippen MR) is 262 cm³/mol. The summed E-state index contributed by atoms with van der Waals surface area (Å²) in [4.78, 5) is 10.4. The van der Waals surface area contributed by atoms with Crippen LogP contribution in [0.1, 0.15) is 168 Å². The van der Waals surface area contributed by atoms with Crippen molar-refractivity contribution in [2.45, 2.75) is 190 Å². The van der Waals surface area contributed by atoms with Crippen molar-refractivity contribution in [2.24, 2.45) is 5.73 Å². The molecule has 4 atom stereocenters. The standard InChI is InChI=1S/C9H16O3S.C9H16OS.C7H12O3.C6H12N2OS.C4H7Br.4C2H6.CH4/c1-8(2)7-13(10,11)9-5-3-4-6-12-9;1-8(2)7-11-9-5-3-4-6-10-9;1-6(8)10-7-4-2-3-5-9-7;7-6(8)10-5-3-1-2-4-9-5;1-4(2)3-5;4*1-2;/h9H,1,3-7H2,2H3;9H,1,3-7H2,2H3;7H,2-5H2,1H3;5H,1-4H2,(H3,7,8);1,3H2,2H3;4*1-2H3;1H4. The molecule has 4 fully saturated rings. The molecule has 0 amide bonds. The van der Waals surface area contributed by atoms with Gasteiger partial charge in [-0.1, -0.05) is 127 Å². The Kier molecular flexibility index (Phi) is 59.9. The van der Waals surface area contributed by atoms with Gasteiger partial charge in [-0.25, -0.2) is 8.42 Å². The Balaban J connectivity index is -0.000000141. The molecule has 0 aromatic rings. The summed E-state index contributed by atoms with van der Waals surface area (Å²) in [5.41, 5.74) is 8.28. The minimum atomic E-state index is -3.10. The Morgan fingerprint density at radius 3 is 1.41 bits per heavy atom. The number of halogens is 1. The maximum Gasteiger partial charge on any atom is 0.304 e. The number of nitrogens with one attached hydrogen (secondary N) is 1. The third-order valence-electron chi connectivity index (χ3n) is 6.70. The van der Waals surface area contributed by atoms with Crippen molar-refractivity contribution in [3.8, 4) is 0 Å². The fourth-order valence-corrected chi connectivity index (χ4v) is 7.87. The summed E-state index contributed by atoms with van der Waals surface area (Å²) in [5, 5.41) is 8.07. The second kappa shape index (κ2) is 50.5. The number of hydrogen-bond acceptors (Lipinski definition) is 11. The number of sulfone groups is 1. The first-order valence-electron chi connectivity index (χ1n) is 21.1. The molecule has 0 aliphatic carbocycles. The van der Waals surface area contributed by atoms with E-state index in [0.29, 0.717) is 24.0 Å². The highest BCUT2D eigenvalue weighted by molar-refractivity contribution is 9.09. The van der Waals surface area contributed by atoms with Crippen molar-refractivity contribution in [2.75, 3.05) is 43.3 Å². The lowest BCUT2D eigenvalue weighted by atomic mass is 10.2. The van der Waals surface area contributed by atoms with E-state index in [1.807, 2.05) is 74.1 Å². The number of carbonyl (C=O) groups is 1. The van der Waals surface area contributed by atoms with Crippen LogP contribution in [0, 0.1) is 5.41 Å². The number of esters is 1. The van der Waals surface area contributed by atoms with E-state index in [0.717, 1.165) is 75.8 Å². The van der Waals surface area contributed by atoms with Crippen LogP contribution in [-0.4, -0.2) is 85.4 Å². The van der Waals surface area contributed by atoms with Crippen LogP contribution < -0.4 is 5.73 Å².